The van der Waals surface area contributed by atoms with Gasteiger partial charge in [-0.1, -0.05) is 65.3 Å². The first-order valence-electron chi connectivity index (χ1n) is 18.8. The number of fused-ring (bicyclic) bond motifs is 4. The normalized spacial score (nSPS) is 24.8. The zero-order valence-electron chi connectivity index (χ0n) is 33.4. The summed E-state index contributed by atoms with van der Waals surface area (Å²) in [6.07, 6.45) is 1.35. The van der Waals surface area contributed by atoms with E-state index >= 15 is 0 Å². The van der Waals surface area contributed by atoms with Crippen LogP contribution in [0.4, 0.5) is 0 Å². The van der Waals surface area contributed by atoms with Crippen LogP contribution >= 0.6 is 11.6 Å². The van der Waals surface area contributed by atoms with Crippen molar-refractivity contribution in [2.45, 2.75) is 64.6 Å². The molecule has 0 heterocycles. The van der Waals surface area contributed by atoms with Crippen molar-refractivity contribution in [2.75, 3.05) is 14.2 Å². The first-order chi connectivity index (χ1) is 27.5. The quantitative estimate of drug-likeness (QED) is 0.0532. The van der Waals surface area contributed by atoms with Gasteiger partial charge < -0.3 is 50.3 Å². The molecule has 0 spiro atoms. The van der Waals surface area contributed by atoms with Crippen LogP contribution in [0.25, 0.3) is 32.7 Å². The van der Waals surface area contributed by atoms with Crippen LogP contribution in [0.5, 0.6) is 23.0 Å². The second-order valence-electron chi connectivity index (χ2n) is 15.8. The smallest absolute Gasteiger partial charge is 0.333 e. The Kier molecular flexibility index (Phi) is 10.7. The highest BCUT2D eigenvalue weighted by atomic mass is 35.5. The zero-order chi connectivity index (χ0) is 44.0. The Balaban J connectivity index is 2.08. The lowest BCUT2D eigenvalue weighted by Crippen LogP contribution is -2.55. The molecule has 0 fully saturated rings. The summed E-state index contributed by atoms with van der Waals surface area (Å²) in [6.45, 7) is 8.93. The highest BCUT2D eigenvalue weighted by Crippen LogP contribution is 2.63. The third-order valence-electron chi connectivity index (χ3n) is 12.5. The maximum Gasteiger partial charge on any atom is 0.333 e. The number of hydrogen-bond donors (Lipinski definition) is 8. The van der Waals surface area contributed by atoms with Gasteiger partial charge in [0, 0.05) is 22.2 Å². The molecule has 15 heteroatoms. The topological polar surface area (TPSA) is 249 Å². The molecule has 0 amide bonds. The predicted octanol–water partition coefficient (Wildman–Crippen LogP) is 6.97. The van der Waals surface area contributed by atoms with Crippen molar-refractivity contribution in [1.29, 1.82) is 0 Å². The Hall–Kier alpha value is -5.83. The largest absolute Gasteiger partial charge is 0.511 e. The Morgan fingerprint density at radius 1 is 0.661 bits per heavy atom. The fourth-order valence-corrected chi connectivity index (χ4v) is 9.72. The predicted molar refractivity (Wildman–Crippen MR) is 216 cm³/mol. The molecule has 6 rings (SSSR count). The van der Waals surface area contributed by atoms with E-state index in [-0.39, 0.29) is 43.4 Å². The molecule has 4 aromatic carbocycles. The Bertz CT molecular complexity index is 2570. The number of aliphatic hydroxyl groups is 4. The van der Waals surface area contributed by atoms with Gasteiger partial charge in [-0.25, -0.2) is 9.59 Å². The van der Waals surface area contributed by atoms with Crippen molar-refractivity contribution in [3.63, 3.8) is 0 Å². The van der Waals surface area contributed by atoms with E-state index in [1.807, 2.05) is 0 Å². The number of methoxy groups -OCH3 is 2. The number of benzene rings is 4. The van der Waals surface area contributed by atoms with Gasteiger partial charge in [-0.2, -0.15) is 0 Å². The molecule has 2 aliphatic carbocycles. The number of carbonyl (C=O) groups excluding carboxylic acids is 4. The SMILES string of the molecule is COC(=O)/C=C(\O)C1c2c(c(O)c3c(O)cccc3c2-c2c3c(c(O)c4c(O)ccc(Cl)c24)C(=O)C(C)C(O)(C(C)C)C3/C(O)=C/C(=O)OC)C(=O)C(C)C1(O)C(C)C. The number of carbonyl (C=O) groups is 4. The second-order valence-corrected chi connectivity index (χ2v) is 16.3. The first-order valence-corrected chi connectivity index (χ1v) is 19.1. The molecule has 2 aliphatic rings. The van der Waals surface area contributed by atoms with Crippen molar-refractivity contribution < 1.29 is 69.5 Å². The van der Waals surface area contributed by atoms with Crippen LogP contribution in [0, 0.1) is 23.7 Å². The van der Waals surface area contributed by atoms with Crippen LogP contribution in [0.3, 0.4) is 0 Å². The van der Waals surface area contributed by atoms with Gasteiger partial charge in [0.05, 0.1) is 71.3 Å². The molecule has 0 saturated carbocycles. The summed E-state index contributed by atoms with van der Waals surface area (Å²) in [5.41, 5.74) is -6.94. The summed E-state index contributed by atoms with van der Waals surface area (Å²) in [6, 6.07) is 6.35. The minimum atomic E-state index is -2.29. The number of aliphatic hydroxyl groups excluding tert-OH is 2. The van der Waals surface area contributed by atoms with Gasteiger partial charge in [-0.05, 0) is 57.7 Å². The molecule has 0 saturated heterocycles. The number of phenolic OH excluding ortho intramolecular Hbond substituents is 4. The molecule has 4 aromatic rings. The van der Waals surface area contributed by atoms with E-state index < -0.39 is 121 Å². The van der Waals surface area contributed by atoms with E-state index in [0.717, 1.165) is 20.3 Å². The van der Waals surface area contributed by atoms with E-state index in [1.165, 1.54) is 38.1 Å². The number of esters is 2. The van der Waals surface area contributed by atoms with Gasteiger partial charge in [-0.3, -0.25) is 9.59 Å². The summed E-state index contributed by atoms with van der Waals surface area (Å²) in [5.74, 6) is -16.6. The van der Waals surface area contributed by atoms with Gasteiger partial charge in [-0.15, -0.1) is 0 Å². The zero-order valence-corrected chi connectivity index (χ0v) is 34.2. The Labute approximate surface area is 343 Å². The van der Waals surface area contributed by atoms with Gasteiger partial charge in [0.2, 0.25) is 0 Å². The van der Waals surface area contributed by atoms with E-state index in [1.54, 1.807) is 27.7 Å². The lowest BCUT2D eigenvalue weighted by Gasteiger charge is -2.49. The number of ether oxygens (including phenoxy) is 2. The summed E-state index contributed by atoms with van der Waals surface area (Å²) < 4.78 is 9.61. The van der Waals surface area contributed by atoms with Crippen molar-refractivity contribution in [2.24, 2.45) is 23.7 Å². The van der Waals surface area contributed by atoms with Crippen molar-refractivity contribution in [1.82, 2.24) is 0 Å². The number of phenols is 4. The summed E-state index contributed by atoms with van der Waals surface area (Å²) in [5, 5.41) is 95.6. The van der Waals surface area contributed by atoms with E-state index in [4.69, 9.17) is 21.1 Å². The molecule has 0 aliphatic heterocycles. The third kappa shape index (κ3) is 5.90. The number of halogens is 1. The molecule has 0 aromatic heterocycles. The van der Waals surface area contributed by atoms with E-state index in [2.05, 4.69) is 0 Å². The van der Waals surface area contributed by atoms with Crippen molar-refractivity contribution >= 4 is 56.7 Å². The maximum atomic E-state index is 14.8. The average molecular weight is 833 g/mol. The Morgan fingerprint density at radius 3 is 1.53 bits per heavy atom. The minimum Gasteiger partial charge on any atom is -0.511 e. The van der Waals surface area contributed by atoms with Crippen LogP contribution in [-0.2, 0) is 19.1 Å². The summed E-state index contributed by atoms with van der Waals surface area (Å²) in [4.78, 5) is 55.2. The third-order valence-corrected chi connectivity index (χ3v) is 12.8. The van der Waals surface area contributed by atoms with Gasteiger partial charge in [0.1, 0.15) is 34.5 Å². The fourth-order valence-electron chi connectivity index (χ4n) is 9.47. The Morgan fingerprint density at radius 2 is 1.08 bits per heavy atom. The highest BCUT2D eigenvalue weighted by Gasteiger charge is 2.59. The lowest BCUT2D eigenvalue weighted by molar-refractivity contribution is -0.136. The van der Waals surface area contributed by atoms with Crippen LogP contribution in [0.2, 0.25) is 5.02 Å². The maximum absolute atomic E-state index is 14.8. The molecule has 8 N–H and O–H groups in total. The molecule has 0 bridgehead atoms. The molecule has 14 nitrogen and oxygen atoms in total. The van der Waals surface area contributed by atoms with Gasteiger partial charge in [0.25, 0.3) is 0 Å². The van der Waals surface area contributed by atoms with Crippen molar-refractivity contribution in [3.8, 4) is 34.1 Å². The van der Waals surface area contributed by atoms with Crippen LogP contribution in [-0.4, -0.2) is 89.8 Å². The number of rotatable bonds is 7. The monoisotopic (exact) mass is 832 g/mol. The number of ketones is 2. The number of hydrogen-bond acceptors (Lipinski definition) is 14. The molecule has 312 valence electrons. The van der Waals surface area contributed by atoms with Crippen LogP contribution in [0.15, 0.2) is 54.0 Å². The standard InChI is InChI=1S/C44H45ClO14/c1-16(2)43(56)18(5)39(52)35-33(37(43)24(48)14-26(50)58-7)29(20-10-9-11-22(46)28(20)41(35)54)32-30-21(45)12-13-23(47)31(30)42(55)36-34(32)38(25(49)15-27(51)59-8)44(57,17(3)4)19(6)40(36)53/h9-19,37-38,46-49,54-57H,1-8H3/b24-14-,25-15-. The van der Waals surface area contributed by atoms with Gasteiger partial charge in [0.15, 0.2) is 11.6 Å². The molecular formula is C44H45ClO14. The molecule has 59 heavy (non-hydrogen) atoms. The van der Waals surface area contributed by atoms with Gasteiger partial charge >= 0.3 is 11.9 Å². The number of aromatic hydroxyl groups is 4. The van der Waals surface area contributed by atoms with Crippen LogP contribution < -0.4 is 0 Å². The highest BCUT2D eigenvalue weighted by molar-refractivity contribution is 6.38. The molecule has 0 radical (unpaired) electrons. The van der Waals surface area contributed by atoms with Crippen LogP contribution in [0.1, 0.15) is 85.2 Å². The number of Topliss-reactive ketones (excluding diaryl/α,β-unsaturated/α-hetero) is 2. The fraction of sp³-hybridized carbons (Fsp3) is 0.364. The molecular weight excluding hydrogens is 788 g/mol. The van der Waals surface area contributed by atoms with E-state index in [9.17, 15) is 60.0 Å². The summed E-state index contributed by atoms with van der Waals surface area (Å²) in [7, 11) is 2.08. The molecule has 6 atom stereocenters. The first kappa shape index (κ1) is 42.8. The van der Waals surface area contributed by atoms with E-state index in [0.29, 0.717) is 12.2 Å². The average Bonchev–Trinajstić information content (AvgIpc) is 3.17. The van der Waals surface area contributed by atoms with Crippen molar-refractivity contribution in [3.05, 3.63) is 81.3 Å². The molecule has 6 unspecified atom stereocenters. The minimum absolute atomic E-state index is 0.117. The second kappa shape index (κ2) is 14.8. The lowest BCUT2D eigenvalue weighted by atomic mass is 9.56. The summed E-state index contributed by atoms with van der Waals surface area (Å²) >= 11 is 7.02.